The summed E-state index contributed by atoms with van der Waals surface area (Å²) in [5, 5.41) is 17.1. The largest absolute Gasteiger partial charge is 0.493 e. The van der Waals surface area contributed by atoms with Gasteiger partial charge in [-0.2, -0.15) is 9.61 Å². The maximum absolute atomic E-state index is 12.3. The Balaban J connectivity index is 1.74. The van der Waals surface area contributed by atoms with Gasteiger partial charge in [0.1, 0.15) is 5.56 Å². The summed E-state index contributed by atoms with van der Waals surface area (Å²) >= 11 is 0. The van der Waals surface area contributed by atoms with Crippen LogP contribution in [-0.2, 0) is 0 Å². The molecule has 2 aromatic heterocycles. The van der Waals surface area contributed by atoms with E-state index in [1.54, 1.807) is 6.07 Å². The van der Waals surface area contributed by atoms with E-state index in [1.807, 2.05) is 30.3 Å². The lowest BCUT2D eigenvalue weighted by molar-refractivity contribution is 0.0953. The summed E-state index contributed by atoms with van der Waals surface area (Å²) in [5.41, 5.74) is 2.21. The molecule has 0 radical (unpaired) electrons. The Bertz CT molecular complexity index is 869. The summed E-state index contributed by atoms with van der Waals surface area (Å²) in [6.07, 6.45) is 3.79. The van der Waals surface area contributed by atoms with Gasteiger partial charge in [-0.05, 0) is 18.8 Å². The van der Waals surface area contributed by atoms with Gasteiger partial charge in [-0.25, -0.2) is 4.98 Å². The molecule has 116 valence electrons. The molecular formula is C17H16N4O2. The average Bonchev–Trinajstić information content (AvgIpc) is 3.30. The predicted molar refractivity (Wildman–Crippen MR) is 85.1 cm³/mol. The van der Waals surface area contributed by atoms with E-state index in [0.29, 0.717) is 29.4 Å². The first-order valence-corrected chi connectivity index (χ1v) is 7.64. The molecule has 0 atom stereocenters. The summed E-state index contributed by atoms with van der Waals surface area (Å²) in [4.78, 5) is 16.8. The van der Waals surface area contributed by atoms with E-state index >= 15 is 0 Å². The second kappa shape index (κ2) is 5.39. The van der Waals surface area contributed by atoms with Crippen molar-refractivity contribution in [3.05, 3.63) is 48.2 Å². The van der Waals surface area contributed by atoms with Crippen molar-refractivity contribution < 1.29 is 9.90 Å². The first kappa shape index (κ1) is 13.8. The maximum Gasteiger partial charge on any atom is 0.256 e. The molecule has 6 heteroatoms. The molecule has 0 bridgehead atoms. The lowest BCUT2D eigenvalue weighted by Crippen LogP contribution is -2.25. The van der Waals surface area contributed by atoms with Crippen LogP contribution in [0.4, 0.5) is 0 Å². The van der Waals surface area contributed by atoms with Crippen LogP contribution in [0.1, 0.15) is 23.2 Å². The van der Waals surface area contributed by atoms with Crippen molar-refractivity contribution in [1.82, 2.24) is 19.9 Å². The third kappa shape index (κ3) is 2.63. The van der Waals surface area contributed by atoms with E-state index in [0.717, 1.165) is 5.56 Å². The van der Waals surface area contributed by atoms with Crippen molar-refractivity contribution in [2.24, 2.45) is 5.92 Å². The second-order valence-electron chi connectivity index (χ2n) is 5.81. The van der Waals surface area contributed by atoms with E-state index in [2.05, 4.69) is 15.4 Å². The molecule has 1 amide bonds. The summed E-state index contributed by atoms with van der Waals surface area (Å²) in [5.74, 6) is 0.348. The number of hydrogen-bond acceptors (Lipinski definition) is 4. The summed E-state index contributed by atoms with van der Waals surface area (Å²) < 4.78 is 1.28. The molecule has 6 nitrogen and oxygen atoms in total. The van der Waals surface area contributed by atoms with Crippen LogP contribution in [0.15, 0.2) is 42.6 Å². The van der Waals surface area contributed by atoms with Crippen molar-refractivity contribution >= 4 is 11.6 Å². The Hall–Kier alpha value is -2.89. The van der Waals surface area contributed by atoms with Crippen LogP contribution in [0.3, 0.4) is 0 Å². The topological polar surface area (TPSA) is 79.5 Å². The lowest BCUT2D eigenvalue weighted by Gasteiger charge is -2.05. The predicted octanol–water partition coefficient (Wildman–Crippen LogP) is 2.24. The molecule has 0 saturated heterocycles. The standard InChI is InChI=1S/C17H16N4O2/c22-15-8-14(12-4-2-1-3-5-12)20-16-13(10-19-21(15)16)17(23)18-9-11-6-7-11/h1-5,8,10-11,22H,6-7,9H2,(H,18,23). The second-order valence-corrected chi connectivity index (χ2v) is 5.81. The van der Waals surface area contributed by atoms with Crippen molar-refractivity contribution in [3.63, 3.8) is 0 Å². The molecule has 3 aromatic rings. The number of nitrogens with zero attached hydrogens (tertiary/aromatic N) is 3. The first-order valence-electron chi connectivity index (χ1n) is 7.64. The molecule has 0 aliphatic heterocycles. The minimum absolute atomic E-state index is 0.0462. The number of amides is 1. The van der Waals surface area contributed by atoms with E-state index in [1.165, 1.54) is 23.6 Å². The number of aromatic hydroxyl groups is 1. The smallest absolute Gasteiger partial charge is 0.256 e. The molecule has 23 heavy (non-hydrogen) atoms. The number of carbonyl (C=O) groups is 1. The van der Waals surface area contributed by atoms with Gasteiger partial charge in [-0.15, -0.1) is 0 Å². The van der Waals surface area contributed by atoms with Crippen LogP contribution in [0.2, 0.25) is 0 Å². The fourth-order valence-electron chi connectivity index (χ4n) is 2.52. The lowest BCUT2D eigenvalue weighted by atomic mass is 10.1. The van der Waals surface area contributed by atoms with Crippen LogP contribution in [-0.4, -0.2) is 32.2 Å². The van der Waals surface area contributed by atoms with E-state index in [4.69, 9.17) is 0 Å². The molecule has 1 aliphatic rings. The molecule has 1 fully saturated rings. The molecular weight excluding hydrogens is 292 g/mol. The number of rotatable bonds is 4. The van der Waals surface area contributed by atoms with Gasteiger partial charge in [0.25, 0.3) is 5.91 Å². The Morgan fingerprint density at radius 2 is 2.09 bits per heavy atom. The maximum atomic E-state index is 12.3. The summed E-state index contributed by atoms with van der Waals surface area (Å²) in [6, 6.07) is 11.1. The quantitative estimate of drug-likeness (QED) is 0.774. The molecule has 4 rings (SSSR count). The van der Waals surface area contributed by atoms with Crippen LogP contribution >= 0.6 is 0 Å². The Morgan fingerprint density at radius 3 is 2.83 bits per heavy atom. The third-order valence-electron chi connectivity index (χ3n) is 4.02. The normalized spacial score (nSPS) is 14.1. The van der Waals surface area contributed by atoms with Gasteiger partial charge in [0.2, 0.25) is 5.88 Å². The summed E-state index contributed by atoms with van der Waals surface area (Å²) in [7, 11) is 0. The van der Waals surface area contributed by atoms with Gasteiger partial charge in [-0.1, -0.05) is 30.3 Å². The fraction of sp³-hybridized carbons (Fsp3) is 0.235. The van der Waals surface area contributed by atoms with Gasteiger partial charge in [0.15, 0.2) is 5.65 Å². The number of carbonyl (C=O) groups excluding carboxylic acids is 1. The van der Waals surface area contributed by atoms with Gasteiger partial charge in [0.05, 0.1) is 11.9 Å². The molecule has 1 aliphatic carbocycles. The highest BCUT2D eigenvalue weighted by Gasteiger charge is 2.23. The summed E-state index contributed by atoms with van der Waals surface area (Å²) in [6.45, 7) is 0.681. The minimum atomic E-state index is -0.205. The third-order valence-corrected chi connectivity index (χ3v) is 4.02. The molecule has 2 N–H and O–H groups in total. The highest BCUT2D eigenvalue weighted by Crippen LogP contribution is 2.28. The number of fused-ring (bicyclic) bond motifs is 1. The zero-order chi connectivity index (χ0) is 15.8. The van der Waals surface area contributed by atoms with E-state index in [9.17, 15) is 9.90 Å². The van der Waals surface area contributed by atoms with E-state index < -0.39 is 0 Å². The average molecular weight is 308 g/mol. The minimum Gasteiger partial charge on any atom is -0.493 e. The van der Waals surface area contributed by atoms with Crippen LogP contribution < -0.4 is 5.32 Å². The number of benzene rings is 1. The van der Waals surface area contributed by atoms with E-state index in [-0.39, 0.29) is 11.8 Å². The van der Waals surface area contributed by atoms with Gasteiger partial charge in [-0.3, -0.25) is 4.79 Å². The van der Waals surface area contributed by atoms with Crippen LogP contribution in [0, 0.1) is 5.92 Å². The highest BCUT2D eigenvalue weighted by atomic mass is 16.3. The molecule has 1 saturated carbocycles. The Morgan fingerprint density at radius 1 is 1.30 bits per heavy atom. The monoisotopic (exact) mass is 308 g/mol. The number of nitrogens with one attached hydrogen (secondary N) is 1. The van der Waals surface area contributed by atoms with Gasteiger partial charge < -0.3 is 10.4 Å². The van der Waals surface area contributed by atoms with Crippen LogP contribution in [0.25, 0.3) is 16.9 Å². The molecule has 2 heterocycles. The van der Waals surface area contributed by atoms with Crippen molar-refractivity contribution in [2.75, 3.05) is 6.54 Å². The number of hydrogen-bond donors (Lipinski definition) is 2. The molecule has 0 unspecified atom stereocenters. The zero-order valence-electron chi connectivity index (χ0n) is 12.4. The Labute approximate surface area is 132 Å². The van der Waals surface area contributed by atoms with Gasteiger partial charge >= 0.3 is 0 Å². The highest BCUT2D eigenvalue weighted by molar-refractivity contribution is 6.00. The van der Waals surface area contributed by atoms with Crippen LogP contribution in [0.5, 0.6) is 5.88 Å². The fourth-order valence-corrected chi connectivity index (χ4v) is 2.52. The van der Waals surface area contributed by atoms with Crippen molar-refractivity contribution in [2.45, 2.75) is 12.8 Å². The first-order chi connectivity index (χ1) is 11.2. The van der Waals surface area contributed by atoms with Gasteiger partial charge in [0, 0.05) is 18.2 Å². The SMILES string of the molecule is O=C(NCC1CC1)c1cnn2c(O)cc(-c3ccccc3)nc12. The Kier molecular flexibility index (Phi) is 3.22. The molecule has 0 spiro atoms. The van der Waals surface area contributed by atoms with Crippen molar-refractivity contribution in [3.8, 4) is 17.1 Å². The zero-order valence-corrected chi connectivity index (χ0v) is 12.4. The van der Waals surface area contributed by atoms with Crippen molar-refractivity contribution in [1.29, 1.82) is 0 Å². The number of aromatic nitrogens is 3. The molecule has 1 aromatic carbocycles.